The minimum absolute atomic E-state index is 0.200. The third-order valence-corrected chi connectivity index (χ3v) is 2.75. The highest BCUT2D eigenvalue weighted by Crippen LogP contribution is 2.22. The van der Waals surface area contributed by atoms with Gasteiger partial charge >= 0.3 is 6.03 Å². The first kappa shape index (κ1) is 13.0. The molecule has 0 aliphatic rings. The predicted molar refractivity (Wildman–Crippen MR) is 79.0 cm³/mol. The lowest BCUT2D eigenvalue weighted by Crippen LogP contribution is -2.29. The van der Waals surface area contributed by atoms with Crippen molar-refractivity contribution < 1.29 is 4.79 Å². The number of nitrogens with one attached hydrogen (secondary N) is 2. The summed E-state index contributed by atoms with van der Waals surface area (Å²) in [7, 11) is 0. The smallest absolute Gasteiger partial charge is 0.319 e. The molecule has 0 saturated carbocycles. The molecule has 0 aliphatic heterocycles. The lowest BCUT2D eigenvalue weighted by atomic mass is 10.1. The molecule has 0 aromatic heterocycles. The normalized spacial score (nSPS) is 9.53. The van der Waals surface area contributed by atoms with Crippen LogP contribution < -0.4 is 10.6 Å². The van der Waals surface area contributed by atoms with Crippen LogP contribution in [-0.2, 0) is 0 Å². The number of urea groups is 1. The van der Waals surface area contributed by atoms with E-state index in [1.54, 1.807) is 6.92 Å². The van der Waals surface area contributed by atoms with E-state index < -0.39 is 0 Å². The van der Waals surface area contributed by atoms with E-state index >= 15 is 0 Å². The highest BCUT2D eigenvalue weighted by Gasteiger charge is 2.03. The van der Waals surface area contributed by atoms with Crippen molar-refractivity contribution in [1.82, 2.24) is 5.32 Å². The number of anilines is 1. The summed E-state index contributed by atoms with van der Waals surface area (Å²) in [5.74, 6) is 5.70. The lowest BCUT2D eigenvalue weighted by molar-refractivity contribution is 0.252. The van der Waals surface area contributed by atoms with Gasteiger partial charge < -0.3 is 10.6 Å². The summed E-state index contributed by atoms with van der Waals surface area (Å²) in [5, 5.41) is 7.79. The summed E-state index contributed by atoms with van der Waals surface area (Å²) >= 11 is 0. The van der Waals surface area contributed by atoms with E-state index in [0.717, 1.165) is 16.5 Å². The molecule has 0 fully saturated rings. The van der Waals surface area contributed by atoms with Gasteiger partial charge in [-0.15, -0.1) is 11.8 Å². The maximum absolute atomic E-state index is 11.7. The van der Waals surface area contributed by atoms with Gasteiger partial charge in [0, 0.05) is 18.4 Å². The second kappa shape index (κ2) is 6.46. The van der Waals surface area contributed by atoms with E-state index in [2.05, 4.69) is 22.5 Å². The molecule has 0 heterocycles. The van der Waals surface area contributed by atoms with Crippen molar-refractivity contribution in [3.05, 3.63) is 42.5 Å². The van der Waals surface area contributed by atoms with Crippen molar-refractivity contribution in [1.29, 1.82) is 0 Å². The zero-order valence-corrected chi connectivity index (χ0v) is 10.9. The van der Waals surface area contributed by atoms with Crippen LogP contribution in [0.15, 0.2) is 42.5 Å². The van der Waals surface area contributed by atoms with E-state index in [9.17, 15) is 4.79 Å². The van der Waals surface area contributed by atoms with E-state index in [-0.39, 0.29) is 6.03 Å². The van der Waals surface area contributed by atoms with Crippen molar-refractivity contribution >= 4 is 22.5 Å². The molecule has 0 saturated heterocycles. The molecule has 0 bridgehead atoms. The maximum atomic E-state index is 11.7. The van der Waals surface area contributed by atoms with Gasteiger partial charge in [0.1, 0.15) is 0 Å². The summed E-state index contributed by atoms with van der Waals surface area (Å²) in [6.45, 7) is 2.34. The van der Waals surface area contributed by atoms with Gasteiger partial charge in [0.25, 0.3) is 0 Å². The van der Waals surface area contributed by atoms with Crippen LogP contribution in [0.2, 0.25) is 0 Å². The Morgan fingerprint density at radius 3 is 2.79 bits per heavy atom. The van der Waals surface area contributed by atoms with Crippen LogP contribution in [0.25, 0.3) is 10.8 Å². The van der Waals surface area contributed by atoms with Gasteiger partial charge in [-0.05, 0) is 18.4 Å². The molecular weight excluding hydrogens is 236 g/mol. The molecule has 2 aromatic carbocycles. The molecular formula is C16H16N2O. The van der Waals surface area contributed by atoms with Crippen molar-refractivity contribution in [2.24, 2.45) is 0 Å². The Kier molecular flexibility index (Phi) is 4.41. The van der Waals surface area contributed by atoms with Gasteiger partial charge in [-0.3, -0.25) is 0 Å². The standard InChI is InChI=1S/C16H16N2O/c1-2-3-6-12-17-16(19)18-15-11-7-9-13-8-4-5-10-14(13)15/h4-5,7-11H,6,12H2,1H3,(H2,17,18,19). The Balaban J connectivity index is 2.04. The molecule has 2 N–H and O–H groups in total. The van der Waals surface area contributed by atoms with Crippen molar-refractivity contribution in [2.45, 2.75) is 13.3 Å². The molecule has 2 amide bonds. The minimum Gasteiger partial charge on any atom is -0.337 e. The molecule has 2 aromatic rings. The second-order valence-electron chi connectivity index (χ2n) is 4.08. The van der Waals surface area contributed by atoms with E-state index in [1.807, 2.05) is 42.5 Å². The number of amides is 2. The zero-order valence-electron chi connectivity index (χ0n) is 10.9. The molecule has 0 atom stereocenters. The molecule has 3 heteroatoms. The Morgan fingerprint density at radius 1 is 1.16 bits per heavy atom. The van der Waals surface area contributed by atoms with Gasteiger partial charge in [0.2, 0.25) is 0 Å². The quantitative estimate of drug-likeness (QED) is 0.638. The van der Waals surface area contributed by atoms with Crippen molar-refractivity contribution in [3.63, 3.8) is 0 Å². The van der Waals surface area contributed by atoms with Gasteiger partial charge in [0.15, 0.2) is 0 Å². The summed E-state index contributed by atoms with van der Waals surface area (Å²) in [4.78, 5) is 11.7. The number of hydrogen-bond acceptors (Lipinski definition) is 1. The van der Waals surface area contributed by atoms with Crippen LogP contribution in [0.1, 0.15) is 13.3 Å². The fraction of sp³-hybridized carbons (Fsp3) is 0.188. The van der Waals surface area contributed by atoms with Gasteiger partial charge in [-0.25, -0.2) is 4.79 Å². The Hall–Kier alpha value is -2.47. The van der Waals surface area contributed by atoms with Crippen LogP contribution >= 0.6 is 0 Å². The lowest BCUT2D eigenvalue weighted by Gasteiger charge is -2.09. The average molecular weight is 252 g/mol. The Morgan fingerprint density at radius 2 is 1.95 bits per heavy atom. The van der Waals surface area contributed by atoms with Crippen LogP contribution in [0.4, 0.5) is 10.5 Å². The number of benzene rings is 2. The number of hydrogen-bond donors (Lipinski definition) is 2. The van der Waals surface area contributed by atoms with Crippen LogP contribution in [0.3, 0.4) is 0 Å². The fourth-order valence-corrected chi connectivity index (χ4v) is 1.86. The summed E-state index contributed by atoms with van der Waals surface area (Å²) in [6, 6.07) is 13.6. The van der Waals surface area contributed by atoms with Crippen molar-refractivity contribution in [3.8, 4) is 11.8 Å². The molecule has 19 heavy (non-hydrogen) atoms. The molecule has 0 unspecified atom stereocenters. The third kappa shape index (κ3) is 3.49. The summed E-state index contributed by atoms with van der Waals surface area (Å²) in [5.41, 5.74) is 0.817. The first-order valence-corrected chi connectivity index (χ1v) is 6.23. The first-order chi connectivity index (χ1) is 9.31. The van der Waals surface area contributed by atoms with Crippen LogP contribution in [0.5, 0.6) is 0 Å². The van der Waals surface area contributed by atoms with Crippen LogP contribution in [0, 0.1) is 11.8 Å². The molecule has 0 spiro atoms. The number of carbonyl (C=O) groups is 1. The largest absolute Gasteiger partial charge is 0.337 e. The number of carbonyl (C=O) groups excluding carboxylic acids is 1. The Labute approximate surface area is 113 Å². The fourth-order valence-electron chi connectivity index (χ4n) is 1.86. The topological polar surface area (TPSA) is 41.1 Å². The van der Waals surface area contributed by atoms with Gasteiger partial charge in [-0.2, -0.15) is 0 Å². The van der Waals surface area contributed by atoms with Crippen LogP contribution in [-0.4, -0.2) is 12.6 Å². The summed E-state index contributed by atoms with van der Waals surface area (Å²) in [6.07, 6.45) is 0.666. The molecule has 3 nitrogen and oxygen atoms in total. The first-order valence-electron chi connectivity index (χ1n) is 6.23. The number of fused-ring (bicyclic) bond motifs is 1. The summed E-state index contributed by atoms with van der Waals surface area (Å²) < 4.78 is 0. The monoisotopic (exact) mass is 252 g/mol. The molecule has 96 valence electrons. The minimum atomic E-state index is -0.200. The SMILES string of the molecule is CC#CCCNC(=O)Nc1cccc2ccccc12. The Bertz CT molecular complexity index is 632. The van der Waals surface area contributed by atoms with E-state index in [4.69, 9.17) is 0 Å². The average Bonchev–Trinajstić information content (AvgIpc) is 2.44. The maximum Gasteiger partial charge on any atom is 0.319 e. The number of rotatable bonds is 3. The van der Waals surface area contributed by atoms with E-state index in [0.29, 0.717) is 13.0 Å². The van der Waals surface area contributed by atoms with Crippen molar-refractivity contribution in [2.75, 3.05) is 11.9 Å². The molecule has 2 rings (SSSR count). The van der Waals surface area contributed by atoms with E-state index in [1.165, 1.54) is 0 Å². The molecule has 0 radical (unpaired) electrons. The molecule has 0 aliphatic carbocycles. The predicted octanol–water partition coefficient (Wildman–Crippen LogP) is 3.37. The second-order valence-corrected chi connectivity index (χ2v) is 4.08. The third-order valence-electron chi connectivity index (χ3n) is 2.75. The highest BCUT2D eigenvalue weighted by atomic mass is 16.2. The van der Waals surface area contributed by atoms with Gasteiger partial charge in [-0.1, -0.05) is 36.4 Å². The van der Waals surface area contributed by atoms with Gasteiger partial charge in [0.05, 0.1) is 5.69 Å². The highest BCUT2D eigenvalue weighted by molar-refractivity contribution is 6.01. The zero-order chi connectivity index (χ0) is 13.5.